The van der Waals surface area contributed by atoms with Gasteiger partial charge in [0.1, 0.15) is 0 Å². The summed E-state index contributed by atoms with van der Waals surface area (Å²) in [6.45, 7) is 10.8. The van der Waals surface area contributed by atoms with Crippen molar-refractivity contribution in [3.8, 4) is 0 Å². The summed E-state index contributed by atoms with van der Waals surface area (Å²) in [5, 5.41) is 3.18. The van der Waals surface area contributed by atoms with Gasteiger partial charge in [-0.1, -0.05) is 37.3 Å². The highest BCUT2D eigenvalue weighted by Crippen LogP contribution is 2.20. The van der Waals surface area contributed by atoms with E-state index in [9.17, 15) is 4.79 Å². The van der Waals surface area contributed by atoms with Gasteiger partial charge in [0.2, 0.25) is 0 Å². The fourth-order valence-corrected chi connectivity index (χ4v) is 3.42. The van der Waals surface area contributed by atoms with Gasteiger partial charge in [0.05, 0.1) is 19.3 Å². The van der Waals surface area contributed by atoms with E-state index in [2.05, 4.69) is 61.3 Å². The summed E-state index contributed by atoms with van der Waals surface area (Å²) in [6.07, 6.45) is 0.864. The second-order valence-electron chi connectivity index (χ2n) is 7.36. The van der Waals surface area contributed by atoms with Gasteiger partial charge < -0.3 is 10.1 Å². The Bertz CT molecular complexity index is 764. The third kappa shape index (κ3) is 5.18. The van der Waals surface area contributed by atoms with Crippen molar-refractivity contribution in [2.75, 3.05) is 26.3 Å². The highest BCUT2D eigenvalue weighted by atomic mass is 16.5. The summed E-state index contributed by atoms with van der Waals surface area (Å²) in [5.41, 5.74) is 5.64. The van der Waals surface area contributed by atoms with Crippen molar-refractivity contribution in [1.82, 2.24) is 10.2 Å². The summed E-state index contributed by atoms with van der Waals surface area (Å²) in [6, 6.07) is 14.4. The summed E-state index contributed by atoms with van der Waals surface area (Å²) in [5.74, 6) is -0.0157. The van der Waals surface area contributed by atoms with E-state index >= 15 is 0 Å². The second-order valence-corrected chi connectivity index (χ2v) is 7.36. The second kappa shape index (κ2) is 9.16. The normalized spacial score (nSPS) is 16.1. The van der Waals surface area contributed by atoms with Crippen LogP contribution in [-0.2, 0) is 11.3 Å². The number of carbonyl (C=O) groups excluding carboxylic acids is 1. The number of aryl methyl sites for hydroxylation is 2. The van der Waals surface area contributed by atoms with E-state index in [1.807, 2.05) is 12.1 Å². The first-order valence-electron chi connectivity index (χ1n) is 9.84. The Hall–Kier alpha value is -2.17. The topological polar surface area (TPSA) is 41.6 Å². The molecule has 1 atom stereocenters. The van der Waals surface area contributed by atoms with Crippen LogP contribution in [0.1, 0.15) is 52.0 Å². The number of ether oxygens (including phenoxy) is 1. The fraction of sp³-hybridized carbons (Fsp3) is 0.435. The van der Waals surface area contributed by atoms with Gasteiger partial charge in [-0.3, -0.25) is 9.69 Å². The van der Waals surface area contributed by atoms with Crippen LogP contribution in [0.2, 0.25) is 0 Å². The van der Waals surface area contributed by atoms with E-state index in [0.29, 0.717) is 5.56 Å². The molecular formula is C23H30N2O2. The zero-order valence-electron chi connectivity index (χ0n) is 16.6. The van der Waals surface area contributed by atoms with Crippen molar-refractivity contribution in [3.05, 3.63) is 70.3 Å². The van der Waals surface area contributed by atoms with E-state index in [4.69, 9.17) is 4.74 Å². The largest absolute Gasteiger partial charge is 0.379 e. The zero-order valence-corrected chi connectivity index (χ0v) is 16.6. The molecule has 1 aliphatic rings. The van der Waals surface area contributed by atoms with Crippen LogP contribution in [0.3, 0.4) is 0 Å². The van der Waals surface area contributed by atoms with Crippen LogP contribution < -0.4 is 5.32 Å². The molecule has 0 unspecified atom stereocenters. The average molecular weight is 367 g/mol. The number of rotatable bonds is 6. The molecule has 0 spiro atoms. The minimum atomic E-state index is -0.0157. The van der Waals surface area contributed by atoms with Crippen molar-refractivity contribution in [2.45, 2.75) is 39.8 Å². The monoisotopic (exact) mass is 366 g/mol. The number of hydrogen-bond donors (Lipinski definition) is 1. The lowest BCUT2D eigenvalue weighted by atomic mass is 9.99. The Morgan fingerprint density at radius 1 is 1.07 bits per heavy atom. The molecule has 0 radical (unpaired) electrons. The summed E-state index contributed by atoms with van der Waals surface area (Å²) in [7, 11) is 0. The first-order valence-corrected chi connectivity index (χ1v) is 9.84. The number of nitrogens with one attached hydrogen (secondary N) is 1. The predicted octanol–water partition coefficient (Wildman–Crippen LogP) is 4.02. The quantitative estimate of drug-likeness (QED) is 0.840. The van der Waals surface area contributed by atoms with Crippen LogP contribution in [0, 0.1) is 13.8 Å². The maximum absolute atomic E-state index is 12.7. The third-order valence-corrected chi connectivity index (χ3v) is 5.37. The zero-order chi connectivity index (χ0) is 19.2. The van der Waals surface area contributed by atoms with E-state index < -0.39 is 0 Å². The smallest absolute Gasteiger partial charge is 0.251 e. The molecule has 1 heterocycles. The van der Waals surface area contributed by atoms with Crippen LogP contribution in [0.4, 0.5) is 0 Å². The van der Waals surface area contributed by atoms with Crippen molar-refractivity contribution in [2.24, 2.45) is 0 Å². The fourth-order valence-electron chi connectivity index (χ4n) is 3.42. The van der Waals surface area contributed by atoms with Gasteiger partial charge in [-0.15, -0.1) is 0 Å². The number of carbonyl (C=O) groups is 1. The number of benzene rings is 2. The Morgan fingerprint density at radius 2 is 1.78 bits per heavy atom. The van der Waals surface area contributed by atoms with Gasteiger partial charge in [-0.25, -0.2) is 0 Å². The highest BCUT2D eigenvalue weighted by Gasteiger charge is 2.15. The Morgan fingerprint density at radius 3 is 2.41 bits per heavy atom. The first-order chi connectivity index (χ1) is 13.1. The molecular weight excluding hydrogens is 336 g/mol. The molecule has 2 aromatic rings. The summed E-state index contributed by atoms with van der Waals surface area (Å²) < 4.78 is 5.39. The SMILES string of the molecule is CC[C@H](NC(=O)c1ccc(CN2CCOCC2)cc1)c1ccc(C)c(C)c1. The van der Waals surface area contributed by atoms with Crippen molar-refractivity contribution in [1.29, 1.82) is 0 Å². The number of hydrogen-bond acceptors (Lipinski definition) is 3. The van der Waals surface area contributed by atoms with Gasteiger partial charge in [0.15, 0.2) is 0 Å². The third-order valence-electron chi connectivity index (χ3n) is 5.37. The molecule has 27 heavy (non-hydrogen) atoms. The Kier molecular flexibility index (Phi) is 6.64. The van der Waals surface area contributed by atoms with Gasteiger partial charge in [0, 0.05) is 25.2 Å². The summed E-state index contributed by atoms with van der Waals surface area (Å²) >= 11 is 0. The van der Waals surface area contributed by atoms with Gasteiger partial charge in [-0.2, -0.15) is 0 Å². The molecule has 2 aromatic carbocycles. The Balaban J connectivity index is 1.63. The van der Waals surface area contributed by atoms with E-state index in [0.717, 1.165) is 44.8 Å². The van der Waals surface area contributed by atoms with Crippen LogP contribution in [0.15, 0.2) is 42.5 Å². The van der Waals surface area contributed by atoms with Gasteiger partial charge in [-0.05, 0) is 54.7 Å². The lowest BCUT2D eigenvalue weighted by Gasteiger charge is -2.26. The van der Waals surface area contributed by atoms with Crippen LogP contribution >= 0.6 is 0 Å². The summed E-state index contributed by atoms with van der Waals surface area (Å²) in [4.78, 5) is 15.1. The number of morpholine rings is 1. The molecule has 4 heteroatoms. The lowest BCUT2D eigenvalue weighted by molar-refractivity contribution is 0.0342. The Labute approximate surface area is 162 Å². The van der Waals surface area contributed by atoms with Crippen molar-refractivity contribution in [3.63, 3.8) is 0 Å². The maximum atomic E-state index is 12.7. The van der Waals surface area contributed by atoms with Gasteiger partial charge >= 0.3 is 0 Å². The van der Waals surface area contributed by atoms with Crippen LogP contribution in [0.5, 0.6) is 0 Å². The molecule has 0 saturated carbocycles. The molecule has 0 aliphatic carbocycles. The molecule has 1 saturated heterocycles. The minimum Gasteiger partial charge on any atom is -0.379 e. The highest BCUT2D eigenvalue weighted by molar-refractivity contribution is 5.94. The molecule has 144 valence electrons. The van der Waals surface area contributed by atoms with Crippen LogP contribution in [-0.4, -0.2) is 37.1 Å². The van der Waals surface area contributed by atoms with E-state index in [1.54, 1.807) is 0 Å². The lowest BCUT2D eigenvalue weighted by Crippen LogP contribution is -2.35. The molecule has 1 fully saturated rings. The number of amides is 1. The molecule has 1 aliphatic heterocycles. The average Bonchev–Trinajstić information content (AvgIpc) is 2.69. The predicted molar refractivity (Wildman–Crippen MR) is 109 cm³/mol. The minimum absolute atomic E-state index is 0.0157. The standard InChI is InChI=1S/C23H30N2O2/c1-4-22(21-8-5-17(2)18(3)15-21)24-23(26)20-9-6-19(7-10-20)16-25-11-13-27-14-12-25/h5-10,15,22H,4,11-14,16H2,1-3H3,(H,24,26)/t22-/m0/s1. The van der Waals surface area contributed by atoms with E-state index in [-0.39, 0.29) is 11.9 Å². The van der Waals surface area contributed by atoms with Crippen LogP contribution in [0.25, 0.3) is 0 Å². The molecule has 3 rings (SSSR count). The molecule has 1 amide bonds. The first kappa shape index (κ1) is 19.6. The maximum Gasteiger partial charge on any atom is 0.251 e. The van der Waals surface area contributed by atoms with Crippen molar-refractivity contribution < 1.29 is 9.53 Å². The van der Waals surface area contributed by atoms with Gasteiger partial charge in [0.25, 0.3) is 5.91 Å². The molecule has 0 aromatic heterocycles. The van der Waals surface area contributed by atoms with Crippen molar-refractivity contribution >= 4 is 5.91 Å². The molecule has 0 bridgehead atoms. The molecule has 4 nitrogen and oxygen atoms in total. The molecule has 1 N–H and O–H groups in total. The number of nitrogens with zero attached hydrogens (tertiary/aromatic N) is 1. The van der Waals surface area contributed by atoms with E-state index in [1.165, 1.54) is 16.7 Å².